The lowest BCUT2D eigenvalue weighted by molar-refractivity contribution is -0.131. The first-order chi connectivity index (χ1) is 11.7. The molecule has 0 bridgehead atoms. The maximum Gasteiger partial charge on any atom is 0.328 e. The standard InChI is InChI=1S/C20H38O4/c21-18-14-12-10-8-6-4-2-1-3-5-7-9-11-13-15-19(22)16-17-20(23)24/h16-17,19,21-22H,1-15,18H2,(H,23,24). The molecule has 0 saturated carbocycles. The number of aliphatic hydroxyl groups excluding tert-OH is 2. The molecule has 0 aliphatic heterocycles. The molecule has 0 rings (SSSR count). The summed E-state index contributed by atoms with van der Waals surface area (Å²) in [6, 6.07) is 0. The fraction of sp³-hybridized carbons (Fsp3) is 0.850. The van der Waals surface area contributed by atoms with Gasteiger partial charge in [-0.3, -0.25) is 0 Å². The van der Waals surface area contributed by atoms with Crippen LogP contribution in [0.25, 0.3) is 0 Å². The summed E-state index contributed by atoms with van der Waals surface area (Å²) in [6.45, 7) is 0.336. The van der Waals surface area contributed by atoms with E-state index in [0.29, 0.717) is 13.0 Å². The summed E-state index contributed by atoms with van der Waals surface area (Å²) < 4.78 is 0. The Morgan fingerprint density at radius 3 is 1.46 bits per heavy atom. The van der Waals surface area contributed by atoms with E-state index in [1.54, 1.807) is 0 Å². The predicted molar refractivity (Wildman–Crippen MR) is 99.1 cm³/mol. The molecule has 0 aromatic rings. The number of aliphatic hydroxyl groups is 2. The zero-order valence-corrected chi connectivity index (χ0v) is 15.3. The fourth-order valence-electron chi connectivity index (χ4n) is 2.88. The molecule has 0 saturated heterocycles. The Morgan fingerprint density at radius 1 is 0.708 bits per heavy atom. The minimum absolute atomic E-state index is 0.336. The van der Waals surface area contributed by atoms with Gasteiger partial charge in [0.1, 0.15) is 0 Å². The van der Waals surface area contributed by atoms with Gasteiger partial charge in [0, 0.05) is 12.7 Å². The molecular weight excluding hydrogens is 304 g/mol. The van der Waals surface area contributed by atoms with Gasteiger partial charge in [0.15, 0.2) is 0 Å². The summed E-state index contributed by atoms with van der Waals surface area (Å²) >= 11 is 0. The molecule has 0 amide bonds. The van der Waals surface area contributed by atoms with Crippen LogP contribution in [0.4, 0.5) is 0 Å². The summed E-state index contributed by atoms with van der Waals surface area (Å²) in [5, 5.41) is 26.7. The third-order valence-corrected chi connectivity index (χ3v) is 4.37. The Bertz CT molecular complexity index is 302. The Morgan fingerprint density at radius 2 is 1.08 bits per heavy atom. The van der Waals surface area contributed by atoms with Crippen LogP contribution in [0.2, 0.25) is 0 Å². The molecule has 1 atom stereocenters. The van der Waals surface area contributed by atoms with E-state index in [2.05, 4.69) is 0 Å². The average molecular weight is 343 g/mol. The molecule has 24 heavy (non-hydrogen) atoms. The van der Waals surface area contributed by atoms with Crippen molar-refractivity contribution in [2.24, 2.45) is 0 Å². The highest BCUT2D eigenvalue weighted by Gasteiger charge is 2.00. The highest BCUT2D eigenvalue weighted by Crippen LogP contribution is 2.13. The molecule has 0 heterocycles. The Kier molecular flexibility index (Phi) is 17.8. The van der Waals surface area contributed by atoms with Crippen LogP contribution in [-0.2, 0) is 4.79 Å². The molecule has 0 spiro atoms. The normalized spacial score (nSPS) is 12.8. The quantitative estimate of drug-likeness (QED) is 0.246. The third kappa shape index (κ3) is 19.2. The van der Waals surface area contributed by atoms with Gasteiger partial charge < -0.3 is 15.3 Å². The van der Waals surface area contributed by atoms with Crippen LogP contribution >= 0.6 is 0 Å². The first-order valence-corrected chi connectivity index (χ1v) is 9.87. The summed E-state index contributed by atoms with van der Waals surface area (Å²) in [6.07, 6.45) is 19.7. The topological polar surface area (TPSA) is 77.8 Å². The van der Waals surface area contributed by atoms with E-state index in [4.69, 9.17) is 10.2 Å². The molecule has 0 fully saturated rings. The monoisotopic (exact) mass is 342 g/mol. The molecular formula is C20H38O4. The lowest BCUT2D eigenvalue weighted by Crippen LogP contribution is -2.03. The van der Waals surface area contributed by atoms with Gasteiger partial charge >= 0.3 is 5.97 Å². The van der Waals surface area contributed by atoms with Crippen molar-refractivity contribution in [2.75, 3.05) is 6.61 Å². The first-order valence-electron chi connectivity index (χ1n) is 9.87. The lowest BCUT2D eigenvalue weighted by atomic mass is 10.0. The van der Waals surface area contributed by atoms with Crippen LogP contribution in [0, 0.1) is 0 Å². The van der Waals surface area contributed by atoms with Gasteiger partial charge in [-0.05, 0) is 18.9 Å². The second-order valence-corrected chi connectivity index (χ2v) is 6.73. The number of carboxylic acid groups (broad SMARTS) is 1. The predicted octanol–water partition coefficient (Wildman–Crippen LogP) is 4.83. The lowest BCUT2D eigenvalue weighted by Gasteiger charge is -2.05. The Hall–Kier alpha value is -0.870. The van der Waals surface area contributed by atoms with Crippen molar-refractivity contribution in [3.8, 4) is 0 Å². The molecule has 142 valence electrons. The van der Waals surface area contributed by atoms with Crippen molar-refractivity contribution < 1.29 is 20.1 Å². The first kappa shape index (κ1) is 23.1. The van der Waals surface area contributed by atoms with Crippen molar-refractivity contribution in [1.29, 1.82) is 0 Å². The van der Waals surface area contributed by atoms with Crippen LogP contribution in [0.1, 0.15) is 96.3 Å². The van der Waals surface area contributed by atoms with E-state index in [1.165, 1.54) is 76.7 Å². The highest BCUT2D eigenvalue weighted by molar-refractivity contribution is 5.79. The number of unbranched alkanes of at least 4 members (excludes halogenated alkanes) is 13. The van der Waals surface area contributed by atoms with E-state index < -0.39 is 12.1 Å². The number of rotatable bonds is 18. The van der Waals surface area contributed by atoms with E-state index in [0.717, 1.165) is 25.3 Å². The summed E-state index contributed by atoms with van der Waals surface area (Å²) in [7, 11) is 0. The van der Waals surface area contributed by atoms with Gasteiger partial charge in [-0.15, -0.1) is 0 Å². The molecule has 0 aliphatic rings. The number of carbonyl (C=O) groups is 1. The third-order valence-electron chi connectivity index (χ3n) is 4.37. The zero-order chi connectivity index (χ0) is 17.9. The van der Waals surface area contributed by atoms with Gasteiger partial charge in [-0.25, -0.2) is 4.79 Å². The molecule has 3 N–H and O–H groups in total. The van der Waals surface area contributed by atoms with Crippen molar-refractivity contribution in [3.05, 3.63) is 12.2 Å². The SMILES string of the molecule is O=C(O)C=CC(O)CCCCCCCCCCCCCCCCO. The second kappa shape index (κ2) is 18.5. The van der Waals surface area contributed by atoms with E-state index in [9.17, 15) is 9.90 Å². The largest absolute Gasteiger partial charge is 0.478 e. The van der Waals surface area contributed by atoms with Crippen molar-refractivity contribution >= 4 is 5.97 Å². The minimum atomic E-state index is -1.00. The zero-order valence-electron chi connectivity index (χ0n) is 15.3. The van der Waals surface area contributed by atoms with Crippen LogP contribution in [0.5, 0.6) is 0 Å². The molecule has 0 aromatic carbocycles. The van der Waals surface area contributed by atoms with Gasteiger partial charge in [-0.2, -0.15) is 0 Å². The van der Waals surface area contributed by atoms with Crippen molar-refractivity contribution in [2.45, 2.75) is 102 Å². The van der Waals surface area contributed by atoms with Crippen molar-refractivity contribution in [1.82, 2.24) is 0 Å². The second-order valence-electron chi connectivity index (χ2n) is 6.73. The summed E-state index contributed by atoms with van der Waals surface area (Å²) in [5.41, 5.74) is 0. The highest BCUT2D eigenvalue weighted by atomic mass is 16.4. The molecule has 0 aromatic heterocycles. The Balaban J connectivity index is 3.14. The maximum absolute atomic E-state index is 10.3. The fourth-order valence-corrected chi connectivity index (χ4v) is 2.88. The molecule has 1 unspecified atom stereocenters. The molecule has 4 heteroatoms. The van der Waals surface area contributed by atoms with Gasteiger partial charge in [0.05, 0.1) is 6.10 Å². The molecule has 0 aliphatic carbocycles. The molecule has 0 radical (unpaired) electrons. The van der Waals surface area contributed by atoms with Crippen molar-refractivity contribution in [3.63, 3.8) is 0 Å². The van der Waals surface area contributed by atoms with Crippen LogP contribution in [-0.4, -0.2) is 34.0 Å². The molecule has 4 nitrogen and oxygen atoms in total. The Labute approximate surface area is 148 Å². The number of hydrogen-bond acceptors (Lipinski definition) is 3. The number of carboxylic acids is 1. The maximum atomic E-state index is 10.3. The van der Waals surface area contributed by atoms with Gasteiger partial charge in [0.25, 0.3) is 0 Å². The smallest absolute Gasteiger partial charge is 0.328 e. The number of aliphatic carboxylic acids is 1. The van der Waals surface area contributed by atoms with Gasteiger partial charge in [-0.1, -0.05) is 83.5 Å². The van der Waals surface area contributed by atoms with Crippen LogP contribution < -0.4 is 0 Å². The van der Waals surface area contributed by atoms with Crippen LogP contribution in [0.3, 0.4) is 0 Å². The average Bonchev–Trinajstić information content (AvgIpc) is 2.56. The summed E-state index contributed by atoms with van der Waals surface area (Å²) in [5.74, 6) is -1.00. The number of hydrogen-bond donors (Lipinski definition) is 3. The van der Waals surface area contributed by atoms with E-state index >= 15 is 0 Å². The summed E-state index contributed by atoms with van der Waals surface area (Å²) in [4.78, 5) is 10.3. The van der Waals surface area contributed by atoms with Crippen LogP contribution in [0.15, 0.2) is 12.2 Å². The minimum Gasteiger partial charge on any atom is -0.478 e. The van der Waals surface area contributed by atoms with E-state index in [1.807, 2.05) is 0 Å². The van der Waals surface area contributed by atoms with E-state index in [-0.39, 0.29) is 0 Å². The van der Waals surface area contributed by atoms with Gasteiger partial charge in [0.2, 0.25) is 0 Å².